The second-order valence-electron chi connectivity index (χ2n) is 5.31. The Labute approximate surface area is 92.5 Å². The Morgan fingerprint density at radius 2 is 2.07 bits per heavy atom. The molecule has 0 aliphatic carbocycles. The van der Waals surface area contributed by atoms with E-state index >= 15 is 0 Å². The Bertz CT molecular complexity index is 517. The minimum atomic E-state index is 0.228. The van der Waals surface area contributed by atoms with Crippen LogP contribution in [0.5, 0.6) is 0 Å². The van der Waals surface area contributed by atoms with E-state index in [9.17, 15) is 0 Å². The lowest BCUT2D eigenvalue weighted by Gasteiger charge is -2.18. The largest absolute Gasteiger partial charge is 0.461 e. The highest BCUT2D eigenvalue weighted by Crippen LogP contribution is 2.28. The van der Waals surface area contributed by atoms with Crippen LogP contribution in [-0.4, -0.2) is 0 Å². The Balaban J connectivity index is 2.61. The molecule has 0 radical (unpaired) electrons. The number of benzene rings is 1. The third-order valence-electron chi connectivity index (χ3n) is 2.40. The minimum absolute atomic E-state index is 0.228. The highest BCUT2D eigenvalue weighted by molar-refractivity contribution is 5.81. The molecule has 0 unspecified atom stereocenters. The van der Waals surface area contributed by atoms with Gasteiger partial charge in [-0.1, -0.05) is 32.9 Å². The first-order chi connectivity index (χ1) is 7.38. The maximum absolute atomic E-state index is 8.02. The molecular formula is C14H18O. The van der Waals surface area contributed by atoms with E-state index in [1.807, 2.05) is 19.1 Å². The Kier molecular flexibility index (Phi) is 2.05. The fraction of sp³-hybridized carbons (Fsp3) is 0.429. The summed E-state index contributed by atoms with van der Waals surface area (Å²) in [5, 5.41) is 0.981. The molecule has 1 nitrogen and oxygen atoms in total. The summed E-state index contributed by atoms with van der Waals surface area (Å²) in [6, 6.07) is 6.58. The van der Waals surface area contributed by atoms with Gasteiger partial charge in [0.15, 0.2) is 0 Å². The molecule has 2 rings (SSSR count). The third kappa shape index (κ3) is 2.23. The fourth-order valence-electron chi connectivity index (χ4n) is 1.89. The van der Waals surface area contributed by atoms with Crippen molar-refractivity contribution in [2.45, 2.75) is 34.1 Å². The second kappa shape index (κ2) is 3.41. The lowest BCUT2D eigenvalue weighted by Crippen LogP contribution is -2.09. The number of aryl methyl sites for hydroxylation is 1. The van der Waals surface area contributed by atoms with Gasteiger partial charge in [0.1, 0.15) is 11.3 Å². The average molecular weight is 203 g/mol. The quantitative estimate of drug-likeness (QED) is 0.672. The van der Waals surface area contributed by atoms with Gasteiger partial charge in [-0.2, -0.15) is 0 Å². The summed E-state index contributed by atoms with van der Waals surface area (Å²) < 4.78 is 13.6. The molecule has 0 fully saturated rings. The van der Waals surface area contributed by atoms with Gasteiger partial charge < -0.3 is 4.42 Å². The SMILES string of the molecule is [2H]c1c(C)oc2cccc(CC(C)(C)C)c12. The summed E-state index contributed by atoms with van der Waals surface area (Å²) in [5.41, 5.74) is 2.28. The molecule has 0 saturated carbocycles. The highest BCUT2D eigenvalue weighted by atomic mass is 16.3. The summed E-state index contributed by atoms with van der Waals surface area (Å²) in [7, 11) is 0. The lowest BCUT2D eigenvalue weighted by molar-refractivity contribution is 0.412. The molecule has 1 heterocycles. The van der Waals surface area contributed by atoms with Gasteiger partial charge >= 0.3 is 0 Å². The first-order valence-electron chi connectivity index (χ1n) is 5.86. The lowest BCUT2D eigenvalue weighted by atomic mass is 9.87. The van der Waals surface area contributed by atoms with E-state index in [2.05, 4.69) is 26.8 Å². The first-order valence-corrected chi connectivity index (χ1v) is 5.36. The topological polar surface area (TPSA) is 13.1 Å². The molecule has 1 aromatic carbocycles. The molecule has 1 heteroatoms. The molecule has 0 N–H and O–H groups in total. The van der Waals surface area contributed by atoms with Crippen LogP contribution in [0.1, 0.15) is 33.5 Å². The van der Waals surface area contributed by atoms with Crippen LogP contribution in [0.3, 0.4) is 0 Å². The van der Waals surface area contributed by atoms with Gasteiger partial charge in [0.25, 0.3) is 0 Å². The zero-order valence-corrected chi connectivity index (χ0v) is 9.85. The second-order valence-corrected chi connectivity index (χ2v) is 5.31. The van der Waals surface area contributed by atoms with E-state index in [0.717, 1.165) is 17.4 Å². The van der Waals surface area contributed by atoms with Crippen molar-refractivity contribution in [3.8, 4) is 0 Å². The van der Waals surface area contributed by atoms with Crippen molar-refractivity contribution >= 4 is 11.0 Å². The summed E-state index contributed by atoms with van der Waals surface area (Å²) in [6.07, 6.45) is 0.967. The van der Waals surface area contributed by atoms with Crippen LogP contribution in [0.2, 0.25) is 0 Å². The molecular weight excluding hydrogens is 184 g/mol. The highest BCUT2D eigenvalue weighted by Gasteiger charge is 2.14. The van der Waals surface area contributed by atoms with Crippen LogP contribution in [0.25, 0.3) is 11.0 Å². The zero-order valence-electron chi connectivity index (χ0n) is 10.8. The predicted octanol–water partition coefficient (Wildman–Crippen LogP) is 4.33. The van der Waals surface area contributed by atoms with E-state index in [-0.39, 0.29) is 5.41 Å². The number of fused-ring (bicyclic) bond motifs is 1. The van der Waals surface area contributed by atoms with E-state index < -0.39 is 0 Å². The molecule has 0 amide bonds. The van der Waals surface area contributed by atoms with Crippen molar-refractivity contribution in [2.24, 2.45) is 5.41 Å². The van der Waals surface area contributed by atoms with E-state index in [1.54, 1.807) is 0 Å². The van der Waals surface area contributed by atoms with Gasteiger partial charge in [-0.15, -0.1) is 0 Å². The van der Waals surface area contributed by atoms with Crippen LogP contribution < -0.4 is 0 Å². The fourth-order valence-corrected chi connectivity index (χ4v) is 1.89. The van der Waals surface area contributed by atoms with Gasteiger partial charge in [0, 0.05) is 5.39 Å². The van der Waals surface area contributed by atoms with Crippen molar-refractivity contribution in [3.05, 3.63) is 35.6 Å². The van der Waals surface area contributed by atoms with Crippen LogP contribution in [-0.2, 0) is 6.42 Å². The van der Waals surface area contributed by atoms with Crippen molar-refractivity contribution in [2.75, 3.05) is 0 Å². The number of hydrogen-bond donors (Lipinski definition) is 0. The van der Waals surface area contributed by atoms with Gasteiger partial charge in [0.05, 0.1) is 1.37 Å². The standard InChI is InChI=1S/C14H18O/c1-10-8-12-11(9-14(2,3)4)6-5-7-13(12)15-10/h5-8H,9H2,1-4H3/i8D. The minimum Gasteiger partial charge on any atom is -0.461 e. The van der Waals surface area contributed by atoms with Gasteiger partial charge in [-0.05, 0) is 36.4 Å². The molecule has 1 aromatic heterocycles. The Morgan fingerprint density at radius 1 is 1.33 bits per heavy atom. The third-order valence-corrected chi connectivity index (χ3v) is 2.40. The first kappa shape index (κ1) is 9.02. The molecule has 15 heavy (non-hydrogen) atoms. The summed E-state index contributed by atoms with van der Waals surface area (Å²) in [5.74, 6) is 0.705. The number of rotatable bonds is 1. The maximum Gasteiger partial charge on any atom is 0.134 e. The van der Waals surface area contributed by atoms with Crippen molar-refractivity contribution in [1.82, 2.24) is 0 Å². The monoisotopic (exact) mass is 203 g/mol. The molecule has 0 bridgehead atoms. The molecule has 0 spiro atoms. The van der Waals surface area contributed by atoms with Crippen molar-refractivity contribution in [1.29, 1.82) is 0 Å². The van der Waals surface area contributed by atoms with Gasteiger partial charge in [0.2, 0.25) is 0 Å². The van der Waals surface area contributed by atoms with Crippen molar-refractivity contribution < 1.29 is 5.79 Å². The van der Waals surface area contributed by atoms with Crippen LogP contribution in [0.15, 0.2) is 28.7 Å². The van der Waals surface area contributed by atoms with Gasteiger partial charge in [-0.25, -0.2) is 0 Å². The van der Waals surface area contributed by atoms with Crippen LogP contribution in [0, 0.1) is 12.3 Å². The molecule has 0 saturated heterocycles. The van der Waals surface area contributed by atoms with E-state index in [4.69, 9.17) is 5.79 Å². The van der Waals surface area contributed by atoms with Gasteiger partial charge in [-0.3, -0.25) is 0 Å². The maximum atomic E-state index is 8.02. The average Bonchev–Trinajstić information content (AvgIpc) is 2.41. The van der Waals surface area contributed by atoms with Crippen molar-refractivity contribution in [3.63, 3.8) is 0 Å². The predicted molar refractivity (Wildman–Crippen MR) is 64.1 cm³/mol. The summed E-state index contributed by atoms with van der Waals surface area (Å²) >= 11 is 0. The molecule has 0 aliphatic heterocycles. The number of hydrogen-bond acceptors (Lipinski definition) is 1. The normalized spacial score (nSPS) is 13.2. The van der Waals surface area contributed by atoms with E-state index in [0.29, 0.717) is 11.8 Å². The smallest absolute Gasteiger partial charge is 0.134 e. The van der Waals surface area contributed by atoms with Crippen LogP contribution >= 0.6 is 0 Å². The molecule has 0 atom stereocenters. The molecule has 2 aromatic rings. The Hall–Kier alpha value is -1.24. The molecule has 80 valence electrons. The summed E-state index contributed by atoms with van der Waals surface area (Å²) in [6.45, 7) is 8.48. The summed E-state index contributed by atoms with van der Waals surface area (Å²) in [4.78, 5) is 0. The molecule has 0 aliphatic rings. The van der Waals surface area contributed by atoms with Crippen LogP contribution in [0.4, 0.5) is 0 Å². The number of furan rings is 1. The zero-order chi connectivity index (χ0) is 11.9. The Morgan fingerprint density at radius 3 is 2.73 bits per heavy atom. The van der Waals surface area contributed by atoms with E-state index in [1.165, 1.54) is 5.56 Å².